The lowest BCUT2D eigenvalue weighted by Crippen LogP contribution is -2.58. The standard InChI is InChI=1S/C17H22N2O2/c1-2-6-14-17(21)19(11-16(20)18-14)15-10-5-8-12-7-3-4-9-13(12)15/h3-4,7,9,14-15H,2,5-6,8,10-11H2,1H3,(H,18,20). The van der Waals surface area contributed by atoms with Crippen LogP contribution in [0.4, 0.5) is 0 Å². The van der Waals surface area contributed by atoms with Crippen LogP contribution in [0.3, 0.4) is 0 Å². The largest absolute Gasteiger partial charge is 0.343 e. The maximum absolute atomic E-state index is 12.7. The number of piperazine rings is 1. The highest BCUT2D eigenvalue weighted by molar-refractivity contribution is 5.95. The van der Waals surface area contributed by atoms with Crippen LogP contribution in [-0.2, 0) is 16.0 Å². The summed E-state index contributed by atoms with van der Waals surface area (Å²) in [7, 11) is 0. The lowest BCUT2D eigenvalue weighted by atomic mass is 9.86. The molecule has 2 amide bonds. The first kappa shape index (κ1) is 14.1. The Balaban J connectivity index is 1.89. The van der Waals surface area contributed by atoms with Gasteiger partial charge in [-0.05, 0) is 36.8 Å². The van der Waals surface area contributed by atoms with E-state index < -0.39 is 0 Å². The van der Waals surface area contributed by atoms with Crippen molar-refractivity contribution in [2.24, 2.45) is 0 Å². The van der Waals surface area contributed by atoms with Crippen molar-refractivity contribution in [3.8, 4) is 0 Å². The number of rotatable bonds is 3. The van der Waals surface area contributed by atoms with Crippen LogP contribution in [0.5, 0.6) is 0 Å². The molecule has 0 bridgehead atoms. The van der Waals surface area contributed by atoms with Gasteiger partial charge >= 0.3 is 0 Å². The van der Waals surface area contributed by atoms with E-state index in [1.165, 1.54) is 11.1 Å². The second-order valence-electron chi connectivity index (χ2n) is 5.98. The first-order valence-electron chi connectivity index (χ1n) is 7.88. The van der Waals surface area contributed by atoms with Crippen molar-refractivity contribution < 1.29 is 9.59 Å². The number of hydrogen-bond donors (Lipinski definition) is 1. The summed E-state index contributed by atoms with van der Waals surface area (Å²) in [6.07, 6.45) is 4.71. The van der Waals surface area contributed by atoms with E-state index in [9.17, 15) is 9.59 Å². The van der Waals surface area contributed by atoms with E-state index in [0.717, 1.165) is 32.1 Å². The zero-order valence-electron chi connectivity index (χ0n) is 12.5. The smallest absolute Gasteiger partial charge is 0.246 e. The van der Waals surface area contributed by atoms with Crippen molar-refractivity contribution in [3.05, 3.63) is 35.4 Å². The van der Waals surface area contributed by atoms with Gasteiger partial charge in [0.15, 0.2) is 0 Å². The minimum absolute atomic E-state index is 0.0314. The van der Waals surface area contributed by atoms with Crippen molar-refractivity contribution in [2.45, 2.75) is 51.1 Å². The van der Waals surface area contributed by atoms with Crippen molar-refractivity contribution >= 4 is 11.8 Å². The minimum Gasteiger partial charge on any atom is -0.343 e. The first-order valence-corrected chi connectivity index (χ1v) is 7.88. The predicted molar refractivity (Wildman–Crippen MR) is 80.7 cm³/mol. The molecule has 1 aliphatic carbocycles. The van der Waals surface area contributed by atoms with Crippen molar-refractivity contribution in [1.29, 1.82) is 0 Å². The van der Waals surface area contributed by atoms with Gasteiger partial charge in [0.1, 0.15) is 12.6 Å². The number of carbonyl (C=O) groups is 2. The summed E-state index contributed by atoms with van der Waals surface area (Å²) in [5.41, 5.74) is 2.54. The molecule has 1 heterocycles. The van der Waals surface area contributed by atoms with E-state index in [0.29, 0.717) is 0 Å². The molecule has 2 atom stereocenters. The number of nitrogens with zero attached hydrogens (tertiary/aromatic N) is 1. The molecule has 0 aromatic heterocycles. The number of aryl methyl sites for hydroxylation is 1. The van der Waals surface area contributed by atoms with Gasteiger partial charge in [0, 0.05) is 0 Å². The van der Waals surface area contributed by atoms with E-state index in [2.05, 4.69) is 17.4 Å². The van der Waals surface area contributed by atoms with Crippen molar-refractivity contribution in [2.75, 3.05) is 6.54 Å². The molecule has 1 aromatic rings. The van der Waals surface area contributed by atoms with E-state index >= 15 is 0 Å². The quantitative estimate of drug-likeness (QED) is 0.926. The second kappa shape index (κ2) is 5.88. The van der Waals surface area contributed by atoms with Gasteiger partial charge in [0.2, 0.25) is 11.8 Å². The Morgan fingerprint density at radius 1 is 1.29 bits per heavy atom. The molecule has 1 aromatic carbocycles. The van der Waals surface area contributed by atoms with Crippen LogP contribution >= 0.6 is 0 Å². The van der Waals surface area contributed by atoms with Gasteiger partial charge in [0.25, 0.3) is 0 Å². The second-order valence-corrected chi connectivity index (χ2v) is 5.98. The zero-order chi connectivity index (χ0) is 14.8. The molecule has 112 valence electrons. The van der Waals surface area contributed by atoms with Gasteiger partial charge in [0.05, 0.1) is 6.04 Å². The van der Waals surface area contributed by atoms with E-state index in [4.69, 9.17) is 0 Å². The highest BCUT2D eigenvalue weighted by atomic mass is 16.2. The van der Waals surface area contributed by atoms with Crippen LogP contribution in [0.15, 0.2) is 24.3 Å². The predicted octanol–water partition coefficient (Wildman–Crippen LogP) is 2.19. The fraction of sp³-hybridized carbons (Fsp3) is 0.529. The maximum atomic E-state index is 12.7. The lowest BCUT2D eigenvalue weighted by molar-refractivity contribution is -0.147. The third kappa shape index (κ3) is 2.67. The Morgan fingerprint density at radius 2 is 2.10 bits per heavy atom. The molecule has 4 nitrogen and oxygen atoms in total. The van der Waals surface area contributed by atoms with E-state index in [-0.39, 0.29) is 30.4 Å². The van der Waals surface area contributed by atoms with E-state index in [1.54, 1.807) is 4.90 Å². The highest BCUT2D eigenvalue weighted by Crippen LogP contribution is 2.35. The zero-order valence-corrected chi connectivity index (χ0v) is 12.5. The number of hydrogen-bond acceptors (Lipinski definition) is 2. The Bertz CT molecular complexity index is 555. The Kier molecular flexibility index (Phi) is 3.95. The van der Waals surface area contributed by atoms with Crippen molar-refractivity contribution in [3.63, 3.8) is 0 Å². The molecule has 1 saturated heterocycles. The number of fused-ring (bicyclic) bond motifs is 1. The summed E-state index contributed by atoms with van der Waals surface area (Å²) in [5.74, 6) is 0.0502. The third-order valence-electron chi connectivity index (χ3n) is 4.52. The fourth-order valence-electron chi connectivity index (χ4n) is 3.53. The molecule has 2 aliphatic rings. The van der Waals surface area contributed by atoms with Crippen LogP contribution in [0, 0.1) is 0 Å². The van der Waals surface area contributed by atoms with Gasteiger partial charge in [-0.1, -0.05) is 37.6 Å². The normalized spacial score (nSPS) is 25.5. The Hall–Kier alpha value is -1.84. The Morgan fingerprint density at radius 3 is 2.90 bits per heavy atom. The Labute approximate surface area is 125 Å². The van der Waals surface area contributed by atoms with Gasteiger partial charge in [-0.3, -0.25) is 9.59 Å². The van der Waals surface area contributed by atoms with E-state index in [1.807, 2.05) is 19.1 Å². The van der Waals surface area contributed by atoms with Crippen LogP contribution in [0.2, 0.25) is 0 Å². The molecular formula is C17H22N2O2. The molecule has 0 saturated carbocycles. The molecule has 0 spiro atoms. The minimum atomic E-state index is -0.342. The molecule has 3 rings (SSSR count). The molecule has 21 heavy (non-hydrogen) atoms. The monoisotopic (exact) mass is 286 g/mol. The van der Waals surface area contributed by atoms with Gasteiger partial charge in [-0.15, -0.1) is 0 Å². The average molecular weight is 286 g/mol. The molecule has 2 unspecified atom stereocenters. The van der Waals surface area contributed by atoms with Gasteiger partial charge in [-0.25, -0.2) is 0 Å². The summed E-state index contributed by atoms with van der Waals surface area (Å²) >= 11 is 0. The third-order valence-corrected chi connectivity index (χ3v) is 4.52. The number of amides is 2. The molecule has 1 fully saturated rings. The summed E-state index contributed by atoms with van der Waals surface area (Å²) in [4.78, 5) is 26.4. The number of nitrogens with one attached hydrogen (secondary N) is 1. The molecular weight excluding hydrogens is 264 g/mol. The van der Waals surface area contributed by atoms with Gasteiger partial charge in [-0.2, -0.15) is 0 Å². The summed E-state index contributed by atoms with van der Waals surface area (Å²) in [6.45, 7) is 2.23. The lowest BCUT2D eigenvalue weighted by Gasteiger charge is -2.40. The highest BCUT2D eigenvalue weighted by Gasteiger charge is 2.37. The maximum Gasteiger partial charge on any atom is 0.246 e. The van der Waals surface area contributed by atoms with Gasteiger partial charge < -0.3 is 10.2 Å². The summed E-state index contributed by atoms with van der Waals surface area (Å²) < 4.78 is 0. The molecule has 0 radical (unpaired) electrons. The van der Waals surface area contributed by atoms with Crippen LogP contribution in [0.1, 0.15) is 49.8 Å². The SMILES string of the molecule is CCCC1NC(=O)CN(C2CCCc3ccccc32)C1=O. The summed E-state index contributed by atoms with van der Waals surface area (Å²) in [5, 5.41) is 2.83. The number of benzene rings is 1. The first-order chi connectivity index (χ1) is 10.2. The van der Waals surface area contributed by atoms with Crippen molar-refractivity contribution in [1.82, 2.24) is 10.2 Å². The molecule has 4 heteroatoms. The van der Waals surface area contributed by atoms with Crippen LogP contribution < -0.4 is 5.32 Å². The van der Waals surface area contributed by atoms with Crippen LogP contribution in [0.25, 0.3) is 0 Å². The number of carbonyl (C=O) groups excluding carboxylic acids is 2. The average Bonchev–Trinajstić information content (AvgIpc) is 2.50. The molecule has 1 N–H and O–H groups in total. The fourth-order valence-corrected chi connectivity index (χ4v) is 3.53. The molecule has 1 aliphatic heterocycles. The summed E-state index contributed by atoms with van der Waals surface area (Å²) in [6, 6.07) is 8.03. The van der Waals surface area contributed by atoms with Crippen LogP contribution in [-0.4, -0.2) is 29.3 Å². The topological polar surface area (TPSA) is 49.4 Å².